The van der Waals surface area contributed by atoms with Gasteiger partial charge in [0.1, 0.15) is 6.04 Å². The van der Waals surface area contributed by atoms with E-state index in [2.05, 4.69) is 10.8 Å². The summed E-state index contributed by atoms with van der Waals surface area (Å²) in [6.07, 6.45) is 0.943. The fourth-order valence-corrected chi connectivity index (χ4v) is 0.720. The van der Waals surface area contributed by atoms with Gasteiger partial charge in [-0.25, -0.2) is 0 Å². The molecular formula is C10H22N2O2. The third-order valence-electron chi connectivity index (χ3n) is 1.48. The van der Waals surface area contributed by atoms with Crippen molar-refractivity contribution in [2.45, 2.75) is 52.7 Å². The summed E-state index contributed by atoms with van der Waals surface area (Å²) in [4.78, 5) is 16.6. The molecule has 1 atom stereocenters. The lowest BCUT2D eigenvalue weighted by Gasteiger charge is -2.22. The molecule has 84 valence electrons. The van der Waals surface area contributed by atoms with Gasteiger partial charge in [-0.2, -0.15) is 5.48 Å². The second-order valence-corrected chi connectivity index (χ2v) is 4.35. The van der Waals surface area contributed by atoms with E-state index in [1.807, 2.05) is 27.7 Å². The van der Waals surface area contributed by atoms with E-state index in [9.17, 15) is 4.79 Å². The topological polar surface area (TPSA) is 50.4 Å². The highest BCUT2D eigenvalue weighted by Crippen LogP contribution is 2.04. The fourth-order valence-electron chi connectivity index (χ4n) is 0.720. The molecule has 0 saturated carbocycles. The van der Waals surface area contributed by atoms with Crippen LogP contribution in [0.4, 0.5) is 0 Å². The molecule has 0 aliphatic heterocycles. The molecule has 14 heavy (non-hydrogen) atoms. The van der Waals surface area contributed by atoms with Crippen molar-refractivity contribution in [3.63, 3.8) is 0 Å². The normalized spacial score (nSPS) is 13.8. The summed E-state index contributed by atoms with van der Waals surface area (Å²) in [6, 6.07) is -0.319. The predicted molar refractivity (Wildman–Crippen MR) is 56.7 cm³/mol. The minimum Gasteiger partial charge on any atom is -0.355 e. The van der Waals surface area contributed by atoms with Crippen LogP contribution in [0.2, 0.25) is 0 Å². The molecule has 4 heteroatoms. The Hall–Kier alpha value is -0.610. The molecule has 0 heterocycles. The predicted octanol–water partition coefficient (Wildman–Crippen LogP) is 1.22. The van der Waals surface area contributed by atoms with Crippen LogP contribution in [0, 0.1) is 0 Å². The molecule has 0 aromatic heterocycles. The maximum atomic E-state index is 11.4. The minimum absolute atomic E-state index is 0.0314. The van der Waals surface area contributed by atoms with Crippen molar-refractivity contribution in [2.75, 3.05) is 6.54 Å². The van der Waals surface area contributed by atoms with Gasteiger partial charge in [-0.1, -0.05) is 6.92 Å². The molecule has 0 aliphatic carbocycles. The van der Waals surface area contributed by atoms with Gasteiger partial charge in [-0.05, 0) is 34.1 Å². The van der Waals surface area contributed by atoms with Crippen molar-refractivity contribution in [1.82, 2.24) is 10.8 Å². The van der Waals surface area contributed by atoms with Gasteiger partial charge in [0.15, 0.2) is 0 Å². The highest BCUT2D eigenvalue weighted by Gasteiger charge is 2.16. The van der Waals surface area contributed by atoms with Crippen LogP contribution in [0.3, 0.4) is 0 Å². The van der Waals surface area contributed by atoms with E-state index in [4.69, 9.17) is 4.84 Å². The van der Waals surface area contributed by atoms with E-state index in [0.29, 0.717) is 6.54 Å². The van der Waals surface area contributed by atoms with Crippen molar-refractivity contribution in [3.8, 4) is 0 Å². The number of hydroxylamine groups is 1. The first-order valence-corrected chi connectivity index (χ1v) is 5.08. The fraction of sp³-hybridized carbons (Fsp3) is 0.900. The van der Waals surface area contributed by atoms with Gasteiger partial charge in [0.05, 0.1) is 5.60 Å². The zero-order chi connectivity index (χ0) is 11.2. The van der Waals surface area contributed by atoms with E-state index in [0.717, 1.165) is 6.42 Å². The Balaban J connectivity index is 3.73. The molecule has 0 bridgehead atoms. The molecule has 4 nitrogen and oxygen atoms in total. The summed E-state index contributed by atoms with van der Waals surface area (Å²) in [6.45, 7) is 10.3. The van der Waals surface area contributed by atoms with Gasteiger partial charge in [0.25, 0.3) is 0 Å². The molecule has 0 rings (SSSR count). The smallest absolute Gasteiger partial charge is 0.239 e. The van der Waals surface area contributed by atoms with Crippen molar-refractivity contribution in [2.24, 2.45) is 0 Å². The van der Waals surface area contributed by atoms with Crippen LogP contribution >= 0.6 is 0 Å². The van der Waals surface area contributed by atoms with Gasteiger partial charge in [0.2, 0.25) is 5.91 Å². The second kappa shape index (κ2) is 5.98. The van der Waals surface area contributed by atoms with Crippen LogP contribution in [-0.4, -0.2) is 24.1 Å². The summed E-state index contributed by atoms with van der Waals surface area (Å²) < 4.78 is 0. The maximum Gasteiger partial charge on any atom is 0.239 e. The Morgan fingerprint density at radius 3 is 2.43 bits per heavy atom. The van der Waals surface area contributed by atoms with Gasteiger partial charge in [0, 0.05) is 6.54 Å². The van der Waals surface area contributed by atoms with Crippen LogP contribution in [0.15, 0.2) is 0 Å². The Kier molecular flexibility index (Phi) is 5.72. The van der Waals surface area contributed by atoms with E-state index in [1.54, 1.807) is 6.92 Å². The van der Waals surface area contributed by atoms with Crippen LogP contribution < -0.4 is 10.8 Å². The highest BCUT2D eigenvalue weighted by atomic mass is 16.7. The van der Waals surface area contributed by atoms with Crippen molar-refractivity contribution in [1.29, 1.82) is 0 Å². The second-order valence-electron chi connectivity index (χ2n) is 4.35. The summed E-state index contributed by atoms with van der Waals surface area (Å²) in [5.74, 6) is -0.0314. The van der Waals surface area contributed by atoms with Crippen molar-refractivity contribution in [3.05, 3.63) is 0 Å². The largest absolute Gasteiger partial charge is 0.355 e. The molecule has 0 spiro atoms. The van der Waals surface area contributed by atoms with Crippen LogP contribution in [0.25, 0.3) is 0 Å². The summed E-state index contributed by atoms with van der Waals surface area (Å²) in [7, 11) is 0. The molecule has 2 N–H and O–H groups in total. The molecule has 1 unspecified atom stereocenters. The summed E-state index contributed by atoms with van der Waals surface area (Å²) in [5.41, 5.74) is 2.44. The number of amides is 1. The zero-order valence-corrected chi connectivity index (χ0v) is 9.81. The SMILES string of the molecule is CCCNC(=O)C(C)NOC(C)(C)C. The van der Waals surface area contributed by atoms with Crippen LogP contribution in [-0.2, 0) is 9.63 Å². The Morgan fingerprint density at radius 2 is 2.00 bits per heavy atom. The Morgan fingerprint density at radius 1 is 1.43 bits per heavy atom. The van der Waals surface area contributed by atoms with Crippen molar-refractivity contribution < 1.29 is 9.63 Å². The third kappa shape index (κ3) is 6.86. The monoisotopic (exact) mass is 202 g/mol. The number of hydrogen-bond acceptors (Lipinski definition) is 3. The minimum atomic E-state index is -0.319. The van der Waals surface area contributed by atoms with Gasteiger partial charge in [-0.3, -0.25) is 9.63 Å². The van der Waals surface area contributed by atoms with E-state index >= 15 is 0 Å². The van der Waals surface area contributed by atoms with Gasteiger partial charge < -0.3 is 5.32 Å². The van der Waals surface area contributed by atoms with E-state index in [-0.39, 0.29) is 17.6 Å². The number of nitrogens with one attached hydrogen (secondary N) is 2. The molecule has 0 radical (unpaired) electrons. The summed E-state index contributed by atoms with van der Waals surface area (Å²) >= 11 is 0. The Bertz CT molecular complexity index is 175. The lowest BCUT2D eigenvalue weighted by molar-refractivity contribution is -0.133. The van der Waals surface area contributed by atoms with Gasteiger partial charge >= 0.3 is 0 Å². The molecule has 0 fully saturated rings. The first-order chi connectivity index (χ1) is 6.37. The molecule has 0 saturated heterocycles. The first-order valence-electron chi connectivity index (χ1n) is 5.08. The standard InChI is InChI=1S/C10H22N2O2/c1-6-7-11-9(13)8(2)12-14-10(3,4)5/h8,12H,6-7H2,1-5H3,(H,11,13). The molecule has 0 aliphatic rings. The molecule has 1 amide bonds. The van der Waals surface area contributed by atoms with Crippen LogP contribution in [0.5, 0.6) is 0 Å². The van der Waals surface area contributed by atoms with Crippen molar-refractivity contribution >= 4 is 5.91 Å². The molecular weight excluding hydrogens is 180 g/mol. The summed E-state index contributed by atoms with van der Waals surface area (Å²) in [5, 5.41) is 2.79. The highest BCUT2D eigenvalue weighted by molar-refractivity contribution is 5.81. The Labute approximate surface area is 86.4 Å². The third-order valence-corrected chi connectivity index (χ3v) is 1.48. The maximum absolute atomic E-state index is 11.4. The molecule has 0 aromatic carbocycles. The van der Waals surface area contributed by atoms with Crippen LogP contribution in [0.1, 0.15) is 41.0 Å². The average Bonchev–Trinajstić information content (AvgIpc) is 2.09. The van der Waals surface area contributed by atoms with E-state index in [1.165, 1.54) is 0 Å². The van der Waals surface area contributed by atoms with Gasteiger partial charge in [-0.15, -0.1) is 0 Å². The molecule has 0 aromatic rings. The number of hydrogen-bond donors (Lipinski definition) is 2. The number of rotatable bonds is 5. The average molecular weight is 202 g/mol. The van der Waals surface area contributed by atoms with E-state index < -0.39 is 0 Å². The number of carbonyl (C=O) groups excluding carboxylic acids is 1. The first kappa shape index (κ1) is 13.4. The lowest BCUT2D eigenvalue weighted by Crippen LogP contribution is -2.45. The lowest BCUT2D eigenvalue weighted by atomic mass is 10.2. The zero-order valence-electron chi connectivity index (χ0n) is 9.81. The quantitative estimate of drug-likeness (QED) is 0.659. The number of carbonyl (C=O) groups is 1.